The summed E-state index contributed by atoms with van der Waals surface area (Å²) in [6.07, 6.45) is 0.0822. The van der Waals surface area contributed by atoms with Gasteiger partial charge in [0.2, 0.25) is 0 Å². The van der Waals surface area contributed by atoms with Crippen molar-refractivity contribution >= 4 is 12.0 Å². The standard InChI is InChI=1S/C13H19NO3/c1-3-14(7-13(17)9-16)12-5-4-11(8-15)10(2)6-12/h4-6,8,13,16-17H,3,7,9H2,1-2H3. The predicted molar refractivity (Wildman–Crippen MR) is 67.5 cm³/mol. The van der Waals surface area contributed by atoms with Gasteiger partial charge in [-0.3, -0.25) is 4.79 Å². The first-order chi connectivity index (χ1) is 8.12. The first-order valence-electron chi connectivity index (χ1n) is 5.72. The summed E-state index contributed by atoms with van der Waals surface area (Å²) in [6.45, 7) is 4.72. The minimum atomic E-state index is -0.749. The van der Waals surface area contributed by atoms with Crippen LogP contribution in [0, 0.1) is 6.92 Å². The maximum absolute atomic E-state index is 10.7. The van der Waals surface area contributed by atoms with E-state index in [1.807, 2.05) is 30.9 Å². The molecule has 17 heavy (non-hydrogen) atoms. The summed E-state index contributed by atoms with van der Waals surface area (Å²) >= 11 is 0. The summed E-state index contributed by atoms with van der Waals surface area (Å²) in [5.41, 5.74) is 2.53. The molecule has 0 radical (unpaired) electrons. The van der Waals surface area contributed by atoms with Crippen molar-refractivity contribution in [3.8, 4) is 0 Å². The zero-order chi connectivity index (χ0) is 12.8. The summed E-state index contributed by atoms with van der Waals surface area (Å²) < 4.78 is 0. The third kappa shape index (κ3) is 3.54. The lowest BCUT2D eigenvalue weighted by atomic mass is 10.1. The first kappa shape index (κ1) is 13.7. The number of carbonyl (C=O) groups excluding carboxylic acids is 1. The van der Waals surface area contributed by atoms with Gasteiger partial charge in [0, 0.05) is 24.3 Å². The molecule has 0 aliphatic carbocycles. The highest BCUT2D eigenvalue weighted by Crippen LogP contribution is 2.18. The summed E-state index contributed by atoms with van der Waals surface area (Å²) in [7, 11) is 0. The van der Waals surface area contributed by atoms with Crippen LogP contribution in [0.4, 0.5) is 5.69 Å². The van der Waals surface area contributed by atoms with Crippen LogP contribution < -0.4 is 4.90 Å². The number of nitrogens with zero attached hydrogens (tertiary/aromatic N) is 1. The summed E-state index contributed by atoms with van der Waals surface area (Å²) in [5, 5.41) is 18.3. The van der Waals surface area contributed by atoms with E-state index in [4.69, 9.17) is 5.11 Å². The fourth-order valence-corrected chi connectivity index (χ4v) is 1.72. The van der Waals surface area contributed by atoms with E-state index in [1.54, 1.807) is 6.07 Å². The highest BCUT2D eigenvalue weighted by Gasteiger charge is 2.11. The lowest BCUT2D eigenvalue weighted by molar-refractivity contribution is 0.100. The fraction of sp³-hybridized carbons (Fsp3) is 0.462. The molecular formula is C13H19NO3. The van der Waals surface area contributed by atoms with Crippen LogP contribution in [0.2, 0.25) is 0 Å². The second kappa shape index (κ2) is 6.37. The number of aldehydes is 1. The average Bonchev–Trinajstić information content (AvgIpc) is 2.35. The molecule has 4 nitrogen and oxygen atoms in total. The molecule has 0 saturated carbocycles. The number of aliphatic hydroxyl groups excluding tert-OH is 2. The van der Waals surface area contributed by atoms with Crippen LogP contribution in [-0.4, -0.2) is 42.3 Å². The molecule has 0 saturated heterocycles. The van der Waals surface area contributed by atoms with E-state index in [9.17, 15) is 9.90 Å². The van der Waals surface area contributed by atoms with E-state index >= 15 is 0 Å². The monoisotopic (exact) mass is 237 g/mol. The minimum Gasteiger partial charge on any atom is -0.394 e. The van der Waals surface area contributed by atoms with Crippen molar-refractivity contribution in [2.24, 2.45) is 0 Å². The molecule has 1 aromatic rings. The molecule has 0 heterocycles. The summed E-state index contributed by atoms with van der Waals surface area (Å²) in [5.74, 6) is 0. The van der Waals surface area contributed by atoms with E-state index in [2.05, 4.69) is 0 Å². The van der Waals surface area contributed by atoms with Crippen LogP contribution in [0.1, 0.15) is 22.8 Å². The third-order valence-electron chi connectivity index (χ3n) is 2.77. The largest absolute Gasteiger partial charge is 0.394 e. The van der Waals surface area contributed by atoms with Crippen molar-refractivity contribution < 1.29 is 15.0 Å². The molecular weight excluding hydrogens is 218 g/mol. The predicted octanol–water partition coefficient (Wildman–Crippen LogP) is 0.987. The topological polar surface area (TPSA) is 60.8 Å². The molecule has 1 unspecified atom stereocenters. The van der Waals surface area contributed by atoms with Gasteiger partial charge >= 0.3 is 0 Å². The molecule has 0 aliphatic rings. The second-order valence-corrected chi connectivity index (χ2v) is 4.03. The van der Waals surface area contributed by atoms with Gasteiger partial charge in [0.15, 0.2) is 0 Å². The third-order valence-corrected chi connectivity index (χ3v) is 2.77. The Hall–Kier alpha value is -1.39. The maximum Gasteiger partial charge on any atom is 0.150 e. The van der Waals surface area contributed by atoms with Gasteiger partial charge in [-0.15, -0.1) is 0 Å². The Kier molecular flexibility index (Phi) is 5.12. The van der Waals surface area contributed by atoms with E-state index < -0.39 is 6.10 Å². The number of anilines is 1. The maximum atomic E-state index is 10.7. The van der Waals surface area contributed by atoms with Crippen molar-refractivity contribution in [1.29, 1.82) is 0 Å². The van der Waals surface area contributed by atoms with E-state index in [0.717, 1.165) is 24.1 Å². The molecule has 1 atom stereocenters. The van der Waals surface area contributed by atoms with Gasteiger partial charge in [-0.2, -0.15) is 0 Å². The zero-order valence-corrected chi connectivity index (χ0v) is 10.3. The molecule has 0 bridgehead atoms. The van der Waals surface area contributed by atoms with Gasteiger partial charge < -0.3 is 15.1 Å². The van der Waals surface area contributed by atoms with E-state index in [1.165, 1.54) is 0 Å². The molecule has 0 spiro atoms. The van der Waals surface area contributed by atoms with Gasteiger partial charge in [-0.25, -0.2) is 0 Å². The molecule has 2 N–H and O–H groups in total. The number of hydrogen-bond acceptors (Lipinski definition) is 4. The number of rotatable bonds is 6. The Balaban J connectivity index is 2.88. The van der Waals surface area contributed by atoms with Gasteiger partial charge in [0.25, 0.3) is 0 Å². The highest BCUT2D eigenvalue weighted by atomic mass is 16.3. The van der Waals surface area contributed by atoms with Crippen LogP contribution >= 0.6 is 0 Å². The number of benzene rings is 1. The minimum absolute atomic E-state index is 0.248. The van der Waals surface area contributed by atoms with Gasteiger partial charge in [0.1, 0.15) is 6.29 Å². The molecule has 0 aromatic heterocycles. The Labute approximate surface area is 101 Å². The lowest BCUT2D eigenvalue weighted by Gasteiger charge is -2.25. The number of aryl methyl sites for hydroxylation is 1. The van der Waals surface area contributed by atoms with Crippen LogP contribution in [0.3, 0.4) is 0 Å². The van der Waals surface area contributed by atoms with Crippen molar-refractivity contribution in [3.63, 3.8) is 0 Å². The molecule has 1 rings (SSSR count). The number of likely N-dealkylation sites (N-methyl/N-ethyl adjacent to an activating group) is 1. The van der Waals surface area contributed by atoms with Crippen LogP contribution in [0.5, 0.6) is 0 Å². The highest BCUT2D eigenvalue weighted by molar-refractivity contribution is 5.78. The molecule has 4 heteroatoms. The molecule has 0 aliphatic heterocycles. The van der Waals surface area contributed by atoms with Gasteiger partial charge in [0.05, 0.1) is 12.7 Å². The van der Waals surface area contributed by atoms with Crippen LogP contribution in [0.25, 0.3) is 0 Å². The molecule has 0 fully saturated rings. The number of carbonyl (C=O) groups is 1. The van der Waals surface area contributed by atoms with Gasteiger partial charge in [-0.1, -0.05) is 0 Å². The van der Waals surface area contributed by atoms with E-state index in [0.29, 0.717) is 12.1 Å². The SMILES string of the molecule is CCN(CC(O)CO)c1ccc(C=O)c(C)c1. The van der Waals surface area contributed by atoms with Crippen LogP contribution in [-0.2, 0) is 0 Å². The normalized spacial score (nSPS) is 12.2. The van der Waals surface area contributed by atoms with E-state index in [-0.39, 0.29) is 6.61 Å². The van der Waals surface area contributed by atoms with Gasteiger partial charge in [-0.05, 0) is 37.6 Å². The smallest absolute Gasteiger partial charge is 0.150 e. The first-order valence-corrected chi connectivity index (χ1v) is 5.72. The van der Waals surface area contributed by atoms with Crippen molar-refractivity contribution in [1.82, 2.24) is 0 Å². The Bertz CT molecular complexity index is 379. The van der Waals surface area contributed by atoms with Crippen LogP contribution in [0.15, 0.2) is 18.2 Å². The molecule has 1 aromatic carbocycles. The van der Waals surface area contributed by atoms with Crippen molar-refractivity contribution in [2.45, 2.75) is 20.0 Å². The molecule has 94 valence electrons. The Morgan fingerprint density at radius 2 is 2.18 bits per heavy atom. The Morgan fingerprint density at radius 3 is 2.65 bits per heavy atom. The van der Waals surface area contributed by atoms with Crippen molar-refractivity contribution in [3.05, 3.63) is 29.3 Å². The molecule has 0 amide bonds. The number of aliphatic hydroxyl groups is 2. The summed E-state index contributed by atoms with van der Waals surface area (Å²) in [6, 6.07) is 5.54. The quantitative estimate of drug-likeness (QED) is 0.724. The fourth-order valence-electron chi connectivity index (χ4n) is 1.72. The lowest BCUT2D eigenvalue weighted by Crippen LogP contribution is -2.34. The summed E-state index contributed by atoms with van der Waals surface area (Å²) in [4.78, 5) is 12.7. The second-order valence-electron chi connectivity index (χ2n) is 4.03. The Morgan fingerprint density at radius 1 is 1.47 bits per heavy atom. The zero-order valence-electron chi connectivity index (χ0n) is 10.3. The average molecular weight is 237 g/mol. The van der Waals surface area contributed by atoms with Crippen molar-refractivity contribution in [2.75, 3.05) is 24.6 Å². The number of hydrogen-bond donors (Lipinski definition) is 2.